The van der Waals surface area contributed by atoms with Gasteiger partial charge in [0.2, 0.25) is 5.91 Å². The van der Waals surface area contributed by atoms with E-state index in [0.717, 1.165) is 45.3 Å². The second-order valence-electron chi connectivity index (χ2n) is 4.55. The monoisotopic (exact) mass is 228 g/mol. The minimum absolute atomic E-state index is 0.0769. The fraction of sp³-hybridized carbons (Fsp3) is 0.917. The SMILES string of the molecule is CC(CCCN)C(=O)NCCC1CCCO1. The molecule has 4 nitrogen and oxygen atoms in total. The molecule has 0 aliphatic carbocycles. The molecule has 0 spiro atoms. The summed E-state index contributed by atoms with van der Waals surface area (Å²) in [7, 11) is 0. The van der Waals surface area contributed by atoms with E-state index in [2.05, 4.69) is 5.32 Å². The largest absolute Gasteiger partial charge is 0.378 e. The Morgan fingerprint density at radius 3 is 3.06 bits per heavy atom. The van der Waals surface area contributed by atoms with Crippen LogP contribution in [0.25, 0.3) is 0 Å². The second-order valence-corrected chi connectivity index (χ2v) is 4.55. The lowest BCUT2D eigenvalue weighted by molar-refractivity contribution is -0.124. The third kappa shape index (κ3) is 4.94. The summed E-state index contributed by atoms with van der Waals surface area (Å²) in [5, 5.41) is 2.96. The average molecular weight is 228 g/mol. The molecule has 0 aromatic rings. The molecular formula is C12H24N2O2. The molecule has 4 heteroatoms. The molecule has 1 amide bonds. The first kappa shape index (κ1) is 13.5. The van der Waals surface area contributed by atoms with Gasteiger partial charge in [-0.1, -0.05) is 6.92 Å². The highest BCUT2D eigenvalue weighted by atomic mass is 16.5. The van der Waals surface area contributed by atoms with Gasteiger partial charge in [-0.05, 0) is 38.6 Å². The Morgan fingerprint density at radius 1 is 1.62 bits per heavy atom. The first-order valence-electron chi connectivity index (χ1n) is 6.33. The number of nitrogens with one attached hydrogen (secondary N) is 1. The van der Waals surface area contributed by atoms with E-state index in [1.807, 2.05) is 6.92 Å². The summed E-state index contributed by atoms with van der Waals surface area (Å²) in [6, 6.07) is 0. The molecule has 0 radical (unpaired) electrons. The van der Waals surface area contributed by atoms with Crippen LogP contribution in [0.2, 0.25) is 0 Å². The lowest BCUT2D eigenvalue weighted by atomic mass is 10.0. The van der Waals surface area contributed by atoms with Gasteiger partial charge in [0, 0.05) is 19.1 Å². The first-order chi connectivity index (χ1) is 7.74. The van der Waals surface area contributed by atoms with Gasteiger partial charge in [-0.2, -0.15) is 0 Å². The number of hydrogen-bond acceptors (Lipinski definition) is 3. The molecule has 94 valence electrons. The van der Waals surface area contributed by atoms with Crippen molar-refractivity contribution in [3.05, 3.63) is 0 Å². The van der Waals surface area contributed by atoms with Crippen molar-refractivity contribution in [3.63, 3.8) is 0 Å². The van der Waals surface area contributed by atoms with E-state index < -0.39 is 0 Å². The minimum Gasteiger partial charge on any atom is -0.378 e. The zero-order valence-corrected chi connectivity index (χ0v) is 10.2. The van der Waals surface area contributed by atoms with Crippen LogP contribution in [-0.4, -0.2) is 31.7 Å². The maximum atomic E-state index is 11.6. The summed E-state index contributed by atoms with van der Waals surface area (Å²) in [6.45, 7) is 4.23. The Morgan fingerprint density at radius 2 is 2.44 bits per heavy atom. The van der Waals surface area contributed by atoms with Crippen molar-refractivity contribution >= 4 is 5.91 Å². The number of amides is 1. The summed E-state index contributed by atoms with van der Waals surface area (Å²) in [5.41, 5.74) is 5.41. The van der Waals surface area contributed by atoms with Crippen LogP contribution >= 0.6 is 0 Å². The molecule has 16 heavy (non-hydrogen) atoms. The van der Waals surface area contributed by atoms with Gasteiger partial charge in [0.25, 0.3) is 0 Å². The normalized spacial score (nSPS) is 22.0. The Hall–Kier alpha value is -0.610. The summed E-state index contributed by atoms with van der Waals surface area (Å²) < 4.78 is 5.49. The smallest absolute Gasteiger partial charge is 0.222 e. The van der Waals surface area contributed by atoms with Gasteiger partial charge in [0.05, 0.1) is 6.10 Å². The third-order valence-electron chi connectivity index (χ3n) is 3.08. The third-order valence-corrected chi connectivity index (χ3v) is 3.08. The van der Waals surface area contributed by atoms with Crippen LogP contribution in [0.4, 0.5) is 0 Å². The Balaban J connectivity index is 2.04. The molecule has 3 N–H and O–H groups in total. The van der Waals surface area contributed by atoms with Gasteiger partial charge in [0.15, 0.2) is 0 Å². The molecule has 0 saturated carbocycles. The van der Waals surface area contributed by atoms with Crippen LogP contribution in [-0.2, 0) is 9.53 Å². The molecule has 1 aliphatic heterocycles. The van der Waals surface area contributed by atoms with Crippen molar-refractivity contribution in [1.29, 1.82) is 0 Å². The molecule has 0 aromatic carbocycles. The lowest BCUT2D eigenvalue weighted by Crippen LogP contribution is -2.31. The van der Waals surface area contributed by atoms with Crippen LogP contribution in [0.1, 0.15) is 39.0 Å². The Bertz CT molecular complexity index is 203. The highest BCUT2D eigenvalue weighted by Gasteiger charge is 2.16. The average Bonchev–Trinajstić information content (AvgIpc) is 2.78. The maximum Gasteiger partial charge on any atom is 0.222 e. The zero-order chi connectivity index (χ0) is 11.8. The molecule has 2 unspecified atom stereocenters. The highest BCUT2D eigenvalue weighted by molar-refractivity contribution is 5.78. The van der Waals surface area contributed by atoms with E-state index in [1.165, 1.54) is 0 Å². The second kappa shape index (κ2) is 7.63. The Kier molecular flexibility index (Phi) is 6.42. The molecule has 1 heterocycles. The Labute approximate surface area is 97.9 Å². The number of nitrogens with two attached hydrogens (primary N) is 1. The zero-order valence-electron chi connectivity index (χ0n) is 10.2. The molecule has 0 aromatic heterocycles. The lowest BCUT2D eigenvalue weighted by Gasteiger charge is -2.13. The molecular weight excluding hydrogens is 204 g/mol. The number of hydrogen-bond donors (Lipinski definition) is 2. The van der Waals surface area contributed by atoms with Gasteiger partial charge in [-0.15, -0.1) is 0 Å². The first-order valence-corrected chi connectivity index (χ1v) is 6.33. The fourth-order valence-electron chi connectivity index (χ4n) is 1.96. The van der Waals surface area contributed by atoms with E-state index in [1.54, 1.807) is 0 Å². The van der Waals surface area contributed by atoms with Gasteiger partial charge in [-0.3, -0.25) is 4.79 Å². The molecule has 1 fully saturated rings. The van der Waals surface area contributed by atoms with E-state index in [4.69, 9.17) is 10.5 Å². The van der Waals surface area contributed by atoms with Gasteiger partial charge in [-0.25, -0.2) is 0 Å². The molecule has 1 saturated heterocycles. The van der Waals surface area contributed by atoms with Gasteiger partial charge in [0.1, 0.15) is 0 Å². The van der Waals surface area contributed by atoms with Gasteiger partial charge >= 0.3 is 0 Å². The maximum absolute atomic E-state index is 11.6. The van der Waals surface area contributed by atoms with E-state index >= 15 is 0 Å². The quantitative estimate of drug-likeness (QED) is 0.684. The van der Waals surface area contributed by atoms with Crippen molar-refractivity contribution in [3.8, 4) is 0 Å². The summed E-state index contributed by atoms with van der Waals surface area (Å²) in [5.74, 6) is 0.222. The van der Waals surface area contributed by atoms with E-state index in [9.17, 15) is 4.79 Å². The van der Waals surface area contributed by atoms with E-state index in [-0.39, 0.29) is 11.8 Å². The summed E-state index contributed by atoms with van der Waals surface area (Å²) in [4.78, 5) is 11.6. The van der Waals surface area contributed by atoms with Crippen molar-refractivity contribution in [2.24, 2.45) is 11.7 Å². The molecule has 1 aliphatic rings. The minimum atomic E-state index is 0.0769. The number of ether oxygens (including phenoxy) is 1. The van der Waals surface area contributed by atoms with Crippen LogP contribution in [0.3, 0.4) is 0 Å². The molecule has 2 atom stereocenters. The predicted molar refractivity (Wildman–Crippen MR) is 64.1 cm³/mol. The summed E-state index contributed by atoms with van der Waals surface area (Å²) >= 11 is 0. The van der Waals surface area contributed by atoms with Crippen LogP contribution in [0.5, 0.6) is 0 Å². The van der Waals surface area contributed by atoms with Crippen LogP contribution < -0.4 is 11.1 Å². The van der Waals surface area contributed by atoms with E-state index in [0.29, 0.717) is 12.6 Å². The topological polar surface area (TPSA) is 64.4 Å². The number of carbonyl (C=O) groups is 1. The number of rotatable bonds is 7. The summed E-state index contributed by atoms with van der Waals surface area (Å²) in [6.07, 6.45) is 5.39. The highest BCUT2D eigenvalue weighted by Crippen LogP contribution is 2.14. The van der Waals surface area contributed by atoms with Crippen LogP contribution in [0, 0.1) is 5.92 Å². The van der Waals surface area contributed by atoms with Crippen molar-refractivity contribution in [2.45, 2.75) is 45.1 Å². The van der Waals surface area contributed by atoms with Crippen molar-refractivity contribution in [1.82, 2.24) is 5.32 Å². The standard InChI is InChI=1S/C12H24N2O2/c1-10(4-2-7-13)12(15)14-8-6-11-5-3-9-16-11/h10-11H,2-9,13H2,1H3,(H,14,15). The van der Waals surface area contributed by atoms with Crippen LogP contribution in [0.15, 0.2) is 0 Å². The molecule has 1 rings (SSSR count). The number of carbonyl (C=O) groups excluding carboxylic acids is 1. The van der Waals surface area contributed by atoms with Gasteiger partial charge < -0.3 is 15.8 Å². The molecule has 0 bridgehead atoms. The van der Waals surface area contributed by atoms with Crippen molar-refractivity contribution < 1.29 is 9.53 Å². The predicted octanol–water partition coefficient (Wildman–Crippen LogP) is 1.05. The van der Waals surface area contributed by atoms with Crippen molar-refractivity contribution in [2.75, 3.05) is 19.7 Å². The fourth-order valence-corrected chi connectivity index (χ4v) is 1.96.